The number of rotatable bonds is 17. The molecule has 0 bridgehead atoms. The number of anilines is 1. The zero-order valence-corrected chi connectivity index (χ0v) is 31.6. The van der Waals surface area contributed by atoms with Gasteiger partial charge in [0, 0.05) is 55.7 Å². The fourth-order valence-electron chi connectivity index (χ4n) is 7.39. The number of alkyl halides is 3. The number of para-hydroxylation sites is 1. The first kappa shape index (κ1) is 41.2. The van der Waals surface area contributed by atoms with Gasteiger partial charge in [-0.25, -0.2) is 4.39 Å². The Kier molecular flexibility index (Phi) is 12.9. The number of carbonyl (C=O) groups is 4. The minimum Gasteiger partial charge on any atom is -0.408 e. The van der Waals surface area contributed by atoms with Gasteiger partial charge in [-0.15, -0.1) is 5.10 Å². The molecule has 1 aliphatic rings. The average Bonchev–Trinajstić information content (AvgIpc) is 3.76. The summed E-state index contributed by atoms with van der Waals surface area (Å²) in [7, 11) is 1.35. The van der Waals surface area contributed by atoms with Gasteiger partial charge in [-0.1, -0.05) is 76.0 Å². The average molecular weight is 770 g/mol. The number of H-pyrrole nitrogens is 1. The molecule has 296 valence electrons. The van der Waals surface area contributed by atoms with Gasteiger partial charge in [-0.3, -0.25) is 24.5 Å². The Bertz CT molecular complexity index is 2030. The van der Waals surface area contributed by atoms with Crippen molar-refractivity contribution in [1.29, 1.82) is 0 Å². The number of Topliss-reactive ketones (excluding diaryl/α,β-unsaturated/α-hetero) is 2. The van der Waals surface area contributed by atoms with E-state index in [0.29, 0.717) is 29.5 Å². The van der Waals surface area contributed by atoms with Crippen molar-refractivity contribution in [2.45, 2.75) is 96.7 Å². The number of aromatic nitrogens is 3. The summed E-state index contributed by atoms with van der Waals surface area (Å²) in [4.78, 5) is 57.7. The SMILES string of the molecule is CCC(C)[C@H](CC(=O)Cc1ccccc1F)C(=O)N[C@]1(C(=O)C[C@H](c2nnc(NC(=O)COC)o2)C(C)CC)CCc2[nH]c3c(C(F)(F)F)cccc3c2C1. The first-order chi connectivity index (χ1) is 26.1. The summed E-state index contributed by atoms with van der Waals surface area (Å²) in [6.45, 7) is 7.26. The second kappa shape index (κ2) is 17.3. The van der Waals surface area contributed by atoms with Crippen molar-refractivity contribution in [3.8, 4) is 0 Å². The molecule has 2 unspecified atom stereocenters. The van der Waals surface area contributed by atoms with Gasteiger partial charge < -0.3 is 19.5 Å². The number of ketones is 2. The summed E-state index contributed by atoms with van der Waals surface area (Å²) in [5, 5.41) is 13.8. The van der Waals surface area contributed by atoms with Gasteiger partial charge >= 0.3 is 12.2 Å². The molecule has 5 atom stereocenters. The highest BCUT2D eigenvalue weighted by Gasteiger charge is 2.47. The van der Waals surface area contributed by atoms with E-state index in [1.54, 1.807) is 12.1 Å². The van der Waals surface area contributed by atoms with E-state index in [-0.39, 0.29) is 85.7 Å². The van der Waals surface area contributed by atoms with Gasteiger partial charge in [0.2, 0.25) is 11.8 Å². The van der Waals surface area contributed by atoms with Crippen LogP contribution in [0.4, 0.5) is 23.6 Å². The molecule has 55 heavy (non-hydrogen) atoms. The molecule has 2 aromatic carbocycles. The van der Waals surface area contributed by atoms with Gasteiger partial charge in [0.15, 0.2) is 5.78 Å². The lowest BCUT2D eigenvalue weighted by molar-refractivity contribution is -0.137. The van der Waals surface area contributed by atoms with E-state index < -0.39 is 52.5 Å². The molecule has 5 rings (SSSR count). The summed E-state index contributed by atoms with van der Waals surface area (Å²) < 4.78 is 67.3. The zero-order valence-electron chi connectivity index (χ0n) is 31.6. The number of benzene rings is 2. The number of nitrogens with one attached hydrogen (secondary N) is 3. The number of carbonyl (C=O) groups excluding carboxylic acids is 4. The Morgan fingerprint density at radius 1 is 1.00 bits per heavy atom. The van der Waals surface area contributed by atoms with Gasteiger partial charge in [-0.2, -0.15) is 13.2 Å². The third-order valence-corrected chi connectivity index (χ3v) is 11.0. The molecule has 0 spiro atoms. The fourth-order valence-corrected chi connectivity index (χ4v) is 7.39. The number of halogens is 4. The standard InChI is InChI=1S/C40H47F4N5O6/c1-6-22(3)27(18-25(50)17-24-11-8-9-14-31(24)41)36(53)47-39(16-15-32-29(20-39)26-12-10-13-30(35(26)45-32)40(42,43)44)33(51)19-28(23(4)7-2)37-48-49-38(55-37)46-34(52)21-54-5/h8-14,22-23,27-28,45H,6-7,15-21H2,1-5H3,(H,47,53)(H,46,49,52)/t22?,23?,27-,28-,39+/m0/s1. The molecule has 4 aromatic rings. The van der Waals surface area contributed by atoms with E-state index in [1.165, 1.54) is 31.4 Å². The number of ether oxygens (including phenoxy) is 1. The number of hydrogen-bond acceptors (Lipinski definition) is 8. The Balaban J connectivity index is 1.52. The molecule has 0 fully saturated rings. The molecule has 11 nitrogen and oxygen atoms in total. The van der Waals surface area contributed by atoms with Crippen LogP contribution >= 0.6 is 0 Å². The molecule has 15 heteroatoms. The third kappa shape index (κ3) is 9.31. The molecule has 2 heterocycles. The second-order valence-electron chi connectivity index (χ2n) is 14.6. The van der Waals surface area contributed by atoms with Crippen molar-refractivity contribution >= 4 is 40.3 Å². The lowest BCUT2D eigenvalue weighted by Gasteiger charge is -2.39. The van der Waals surface area contributed by atoms with Gasteiger partial charge in [0.25, 0.3) is 5.91 Å². The lowest BCUT2D eigenvalue weighted by atomic mass is 9.72. The monoisotopic (exact) mass is 769 g/mol. The Morgan fingerprint density at radius 3 is 2.40 bits per heavy atom. The van der Waals surface area contributed by atoms with Crippen LogP contribution in [0.25, 0.3) is 10.9 Å². The summed E-state index contributed by atoms with van der Waals surface area (Å²) in [6.07, 6.45) is -4.03. The largest absolute Gasteiger partial charge is 0.418 e. The summed E-state index contributed by atoms with van der Waals surface area (Å²) in [5.74, 6) is -4.30. The van der Waals surface area contributed by atoms with Crippen LogP contribution < -0.4 is 10.6 Å². The number of fused-ring (bicyclic) bond motifs is 3. The van der Waals surface area contributed by atoms with Crippen LogP contribution in [0.15, 0.2) is 46.9 Å². The maximum atomic E-state index is 14.9. The predicted molar refractivity (Wildman–Crippen MR) is 195 cm³/mol. The highest BCUT2D eigenvalue weighted by Crippen LogP contribution is 2.42. The van der Waals surface area contributed by atoms with Crippen LogP contribution in [-0.2, 0) is 49.4 Å². The fraction of sp³-hybridized carbons (Fsp3) is 0.500. The number of aryl methyl sites for hydroxylation is 1. The highest BCUT2D eigenvalue weighted by atomic mass is 19.4. The molecule has 0 saturated carbocycles. The van der Waals surface area contributed by atoms with Crippen LogP contribution in [0.3, 0.4) is 0 Å². The number of hydrogen-bond donors (Lipinski definition) is 3. The molecule has 3 N–H and O–H groups in total. The Labute approximate surface area is 316 Å². The molecule has 2 amide bonds. The van der Waals surface area contributed by atoms with Crippen LogP contribution in [-0.4, -0.2) is 57.8 Å². The topological polar surface area (TPSA) is 156 Å². The maximum Gasteiger partial charge on any atom is 0.418 e. The predicted octanol–water partition coefficient (Wildman–Crippen LogP) is 7.29. The van der Waals surface area contributed by atoms with E-state index in [2.05, 4.69) is 25.8 Å². The first-order valence-electron chi connectivity index (χ1n) is 18.5. The Morgan fingerprint density at radius 2 is 1.73 bits per heavy atom. The minimum atomic E-state index is -4.64. The summed E-state index contributed by atoms with van der Waals surface area (Å²) >= 11 is 0. The molecular weight excluding hydrogens is 722 g/mol. The van der Waals surface area contributed by atoms with Crippen LogP contribution in [0.2, 0.25) is 0 Å². The molecule has 0 radical (unpaired) electrons. The summed E-state index contributed by atoms with van der Waals surface area (Å²) in [5.41, 5.74) is -1.30. The lowest BCUT2D eigenvalue weighted by Crippen LogP contribution is -2.59. The van der Waals surface area contributed by atoms with E-state index in [1.807, 2.05) is 27.7 Å². The van der Waals surface area contributed by atoms with Crippen molar-refractivity contribution in [2.24, 2.45) is 17.8 Å². The van der Waals surface area contributed by atoms with Crippen molar-refractivity contribution in [3.05, 3.63) is 76.6 Å². The van der Waals surface area contributed by atoms with Gasteiger partial charge in [0.1, 0.15) is 23.7 Å². The number of nitrogens with zero attached hydrogens (tertiary/aromatic N) is 2. The zero-order chi connectivity index (χ0) is 40.1. The molecule has 0 saturated heterocycles. The van der Waals surface area contributed by atoms with E-state index in [4.69, 9.17) is 9.15 Å². The van der Waals surface area contributed by atoms with E-state index in [0.717, 1.165) is 6.07 Å². The van der Waals surface area contributed by atoms with E-state index >= 15 is 0 Å². The van der Waals surface area contributed by atoms with Gasteiger partial charge in [-0.05, 0) is 47.9 Å². The normalized spacial score (nSPS) is 17.9. The molecular formula is C40H47F4N5O6. The van der Waals surface area contributed by atoms with Crippen molar-refractivity contribution < 1.29 is 45.9 Å². The smallest absolute Gasteiger partial charge is 0.408 e. The maximum absolute atomic E-state index is 14.9. The third-order valence-electron chi connectivity index (χ3n) is 11.0. The van der Waals surface area contributed by atoms with Gasteiger partial charge in [0.05, 0.1) is 11.1 Å². The number of amides is 2. The molecule has 0 aliphatic heterocycles. The minimum absolute atomic E-state index is 0.0600. The summed E-state index contributed by atoms with van der Waals surface area (Å²) in [6, 6.07) is 9.60. The van der Waals surface area contributed by atoms with Crippen LogP contribution in [0, 0.1) is 23.6 Å². The van der Waals surface area contributed by atoms with Crippen molar-refractivity contribution in [1.82, 2.24) is 20.5 Å². The number of methoxy groups -OCH3 is 1. The Hall–Kier alpha value is -4.92. The van der Waals surface area contributed by atoms with Crippen LogP contribution in [0.1, 0.15) is 94.0 Å². The quantitative estimate of drug-likeness (QED) is 0.0946. The second-order valence-corrected chi connectivity index (χ2v) is 14.6. The number of aromatic amines is 1. The molecule has 1 aliphatic carbocycles. The first-order valence-corrected chi connectivity index (χ1v) is 18.5. The van der Waals surface area contributed by atoms with Crippen LogP contribution in [0.5, 0.6) is 0 Å². The molecule has 2 aromatic heterocycles. The van der Waals surface area contributed by atoms with E-state index in [9.17, 15) is 36.7 Å². The van der Waals surface area contributed by atoms with Crippen molar-refractivity contribution in [2.75, 3.05) is 19.0 Å². The van der Waals surface area contributed by atoms with Crippen molar-refractivity contribution in [3.63, 3.8) is 0 Å². The highest BCUT2D eigenvalue weighted by molar-refractivity contribution is 5.97.